The lowest BCUT2D eigenvalue weighted by Gasteiger charge is -2.45. The number of fused-ring (bicyclic) bond motifs is 3. The SMILES string of the molecule is C[C@@H]1CCCC[C@@H]1NC(=O)[C@]1(C)Cn2c(cc3occc32)C(=O)N1CCCN(C)Cc1ccccc1. The van der Waals surface area contributed by atoms with Crippen molar-refractivity contribution >= 4 is 22.9 Å². The zero-order valence-electron chi connectivity index (χ0n) is 21.7. The highest BCUT2D eigenvalue weighted by atomic mass is 16.3. The number of benzene rings is 1. The van der Waals surface area contributed by atoms with Crippen molar-refractivity contribution in [1.82, 2.24) is 19.7 Å². The maximum Gasteiger partial charge on any atom is 0.271 e. The molecule has 0 unspecified atom stereocenters. The van der Waals surface area contributed by atoms with E-state index in [1.54, 1.807) is 11.2 Å². The molecule has 1 aromatic carbocycles. The summed E-state index contributed by atoms with van der Waals surface area (Å²) in [6.45, 7) is 6.78. The van der Waals surface area contributed by atoms with Crippen molar-refractivity contribution in [3.05, 3.63) is 60.0 Å². The molecule has 1 aliphatic heterocycles. The number of rotatable bonds is 8. The summed E-state index contributed by atoms with van der Waals surface area (Å²) in [5.74, 6) is 0.296. The molecule has 2 aromatic heterocycles. The van der Waals surface area contributed by atoms with Gasteiger partial charge in [0.05, 0.1) is 18.3 Å². The summed E-state index contributed by atoms with van der Waals surface area (Å²) in [5, 5.41) is 3.35. The van der Waals surface area contributed by atoms with E-state index in [1.165, 1.54) is 12.0 Å². The van der Waals surface area contributed by atoms with Gasteiger partial charge in [0.15, 0.2) is 5.58 Å². The monoisotopic (exact) mass is 490 g/mol. The molecule has 1 N–H and O–H groups in total. The van der Waals surface area contributed by atoms with Gasteiger partial charge in [-0.2, -0.15) is 0 Å². The third-order valence-electron chi connectivity index (χ3n) is 8.18. The van der Waals surface area contributed by atoms with Crippen molar-refractivity contribution < 1.29 is 14.0 Å². The Bertz CT molecular complexity index is 1220. The maximum atomic E-state index is 13.9. The van der Waals surface area contributed by atoms with E-state index in [0.29, 0.717) is 30.3 Å². The molecule has 0 saturated heterocycles. The molecular formula is C29H38N4O3. The normalized spacial score (nSPS) is 24.3. The van der Waals surface area contributed by atoms with Crippen molar-refractivity contribution in [2.75, 3.05) is 20.1 Å². The number of nitrogens with zero attached hydrogens (tertiary/aromatic N) is 3. The molecule has 0 spiro atoms. The van der Waals surface area contributed by atoms with Gasteiger partial charge in [-0.3, -0.25) is 9.59 Å². The Morgan fingerprint density at radius 3 is 2.75 bits per heavy atom. The average molecular weight is 491 g/mol. The van der Waals surface area contributed by atoms with Crippen molar-refractivity contribution in [2.45, 2.75) is 70.6 Å². The molecule has 2 aliphatic rings. The van der Waals surface area contributed by atoms with Crippen LogP contribution in [-0.4, -0.2) is 57.9 Å². The zero-order valence-corrected chi connectivity index (χ0v) is 21.7. The van der Waals surface area contributed by atoms with Gasteiger partial charge in [0.1, 0.15) is 11.2 Å². The Hall–Kier alpha value is -3.06. The number of nitrogens with one attached hydrogen (secondary N) is 1. The summed E-state index contributed by atoms with van der Waals surface area (Å²) in [4.78, 5) is 31.7. The van der Waals surface area contributed by atoms with E-state index in [-0.39, 0.29) is 17.9 Å². The highest BCUT2D eigenvalue weighted by Crippen LogP contribution is 2.34. The van der Waals surface area contributed by atoms with E-state index >= 15 is 0 Å². The molecule has 36 heavy (non-hydrogen) atoms. The quantitative estimate of drug-likeness (QED) is 0.498. The number of aromatic nitrogens is 1. The van der Waals surface area contributed by atoms with E-state index < -0.39 is 5.54 Å². The lowest BCUT2D eigenvalue weighted by atomic mass is 9.85. The van der Waals surface area contributed by atoms with Crippen molar-refractivity contribution in [3.63, 3.8) is 0 Å². The van der Waals surface area contributed by atoms with Crippen LogP contribution in [0.4, 0.5) is 0 Å². The van der Waals surface area contributed by atoms with Gasteiger partial charge in [-0.25, -0.2) is 0 Å². The van der Waals surface area contributed by atoms with Gasteiger partial charge in [0, 0.05) is 31.3 Å². The van der Waals surface area contributed by atoms with E-state index in [0.717, 1.165) is 44.3 Å². The Kier molecular flexibility index (Phi) is 6.93. The van der Waals surface area contributed by atoms with Crippen LogP contribution in [0.15, 0.2) is 53.1 Å². The Morgan fingerprint density at radius 1 is 1.19 bits per heavy atom. The highest BCUT2D eigenvalue weighted by Gasteiger charge is 2.48. The zero-order chi connectivity index (χ0) is 25.3. The Labute approximate surface area is 213 Å². The number of furan rings is 1. The minimum absolute atomic E-state index is 0.0526. The molecule has 2 amide bonds. The second-order valence-corrected chi connectivity index (χ2v) is 10.9. The van der Waals surface area contributed by atoms with Crippen LogP contribution in [0, 0.1) is 5.92 Å². The molecule has 3 heterocycles. The fourth-order valence-corrected chi connectivity index (χ4v) is 5.95. The van der Waals surface area contributed by atoms with E-state index in [4.69, 9.17) is 4.42 Å². The topological polar surface area (TPSA) is 70.7 Å². The first kappa shape index (κ1) is 24.6. The summed E-state index contributed by atoms with van der Waals surface area (Å²) in [7, 11) is 2.10. The molecule has 5 rings (SSSR count). The second kappa shape index (κ2) is 10.1. The van der Waals surface area contributed by atoms with Gasteiger partial charge in [-0.15, -0.1) is 0 Å². The maximum absolute atomic E-state index is 13.9. The number of carbonyl (C=O) groups excluding carboxylic acids is 2. The molecule has 3 aromatic rings. The second-order valence-electron chi connectivity index (χ2n) is 10.9. The first-order valence-corrected chi connectivity index (χ1v) is 13.3. The summed E-state index contributed by atoms with van der Waals surface area (Å²) < 4.78 is 7.55. The van der Waals surface area contributed by atoms with Crippen LogP contribution < -0.4 is 5.32 Å². The highest BCUT2D eigenvalue weighted by molar-refractivity contribution is 6.02. The number of hydrogen-bond acceptors (Lipinski definition) is 4. The third kappa shape index (κ3) is 4.69. The third-order valence-corrected chi connectivity index (χ3v) is 8.18. The smallest absolute Gasteiger partial charge is 0.271 e. The molecule has 192 valence electrons. The van der Waals surface area contributed by atoms with Crippen LogP contribution in [0.3, 0.4) is 0 Å². The van der Waals surface area contributed by atoms with Crippen LogP contribution in [0.2, 0.25) is 0 Å². The largest absolute Gasteiger partial charge is 0.463 e. The van der Waals surface area contributed by atoms with Gasteiger partial charge in [0.25, 0.3) is 5.91 Å². The molecule has 3 atom stereocenters. The molecule has 1 fully saturated rings. The minimum atomic E-state index is -0.970. The molecule has 1 aliphatic carbocycles. The summed E-state index contributed by atoms with van der Waals surface area (Å²) in [5.41, 5.74) is 2.44. The molecular weight excluding hydrogens is 452 g/mol. The van der Waals surface area contributed by atoms with E-state index in [9.17, 15) is 9.59 Å². The van der Waals surface area contributed by atoms with Gasteiger partial charge < -0.3 is 24.1 Å². The first-order chi connectivity index (χ1) is 17.4. The van der Waals surface area contributed by atoms with Crippen LogP contribution >= 0.6 is 0 Å². The lowest BCUT2D eigenvalue weighted by molar-refractivity contribution is -0.134. The van der Waals surface area contributed by atoms with Crippen molar-refractivity contribution in [2.24, 2.45) is 5.92 Å². The predicted molar refractivity (Wildman–Crippen MR) is 141 cm³/mol. The fraction of sp³-hybridized carbons (Fsp3) is 0.517. The van der Waals surface area contributed by atoms with Crippen molar-refractivity contribution in [1.29, 1.82) is 0 Å². The molecule has 1 saturated carbocycles. The van der Waals surface area contributed by atoms with Gasteiger partial charge >= 0.3 is 0 Å². The Morgan fingerprint density at radius 2 is 1.97 bits per heavy atom. The number of amides is 2. The summed E-state index contributed by atoms with van der Waals surface area (Å²) in [6.07, 6.45) is 6.92. The van der Waals surface area contributed by atoms with E-state index in [1.807, 2.05) is 29.7 Å². The van der Waals surface area contributed by atoms with Crippen molar-refractivity contribution in [3.8, 4) is 0 Å². The van der Waals surface area contributed by atoms with Crippen LogP contribution in [0.1, 0.15) is 62.0 Å². The standard InChI is InChI=1S/C29H38N4O3/c1-21-10-7-8-13-23(21)30-28(35)29(2)20-32-24-14-17-36-26(24)18-25(32)27(34)33(29)16-9-15-31(3)19-22-11-5-4-6-12-22/h4-6,11-12,14,17-18,21,23H,7-10,13,15-16,19-20H2,1-3H3,(H,30,35)/t21-,23+,29+/m1/s1. The van der Waals surface area contributed by atoms with Gasteiger partial charge in [0.2, 0.25) is 5.91 Å². The van der Waals surface area contributed by atoms with Gasteiger partial charge in [-0.05, 0) is 51.3 Å². The summed E-state index contributed by atoms with van der Waals surface area (Å²) >= 11 is 0. The molecule has 0 bridgehead atoms. The molecule has 0 radical (unpaired) electrons. The van der Waals surface area contributed by atoms with Crippen LogP contribution in [0.5, 0.6) is 0 Å². The Balaban J connectivity index is 1.35. The van der Waals surface area contributed by atoms with E-state index in [2.05, 4.69) is 48.5 Å². The van der Waals surface area contributed by atoms with Crippen LogP contribution in [-0.2, 0) is 17.9 Å². The summed E-state index contributed by atoms with van der Waals surface area (Å²) in [6, 6.07) is 14.2. The molecule has 7 heteroatoms. The number of hydrogen-bond donors (Lipinski definition) is 1. The lowest BCUT2D eigenvalue weighted by Crippen LogP contribution is -2.65. The minimum Gasteiger partial charge on any atom is -0.463 e. The first-order valence-electron chi connectivity index (χ1n) is 13.3. The number of carbonyl (C=O) groups is 2. The predicted octanol–water partition coefficient (Wildman–Crippen LogP) is 4.67. The molecule has 7 nitrogen and oxygen atoms in total. The van der Waals surface area contributed by atoms with Gasteiger partial charge in [-0.1, -0.05) is 50.1 Å². The fourth-order valence-electron chi connectivity index (χ4n) is 5.95. The average Bonchev–Trinajstić information content (AvgIpc) is 3.46. The van der Waals surface area contributed by atoms with Crippen LogP contribution in [0.25, 0.3) is 11.1 Å².